The minimum Gasteiger partial charge on any atom is -0.494 e. The van der Waals surface area contributed by atoms with E-state index in [2.05, 4.69) is 35.9 Å². The molecule has 2 atom stereocenters. The van der Waals surface area contributed by atoms with Gasteiger partial charge in [-0.05, 0) is 211 Å². The number of unbranched alkanes of at least 4 members (excludes halogenated alkanes) is 6. The Bertz CT molecular complexity index is 3730. The summed E-state index contributed by atoms with van der Waals surface area (Å²) in [6.45, 7) is 11.7. The first-order valence-electron chi connectivity index (χ1n) is 37.8. The number of para-hydroxylation sites is 2. The molecule has 2 N–H and O–H groups in total. The summed E-state index contributed by atoms with van der Waals surface area (Å²) in [5.74, 6) is -1.62. The molecule has 0 bridgehead atoms. The third-order valence-corrected chi connectivity index (χ3v) is 21.3. The van der Waals surface area contributed by atoms with E-state index < -0.39 is 47.5 Å². The van der Waals surface area contributed by atoms with E-state index in [0.717, 1.165) is 95.8 Å². The van der Waals surface area contributed by atoms with Crippen molar-refractivity contribution in [1.29, 1.82) is 0 Å². The number of benzene rings is 6. The van der Waals surface area contributed by atoms with Gasteiger partial charge >= 0.3 is 35.8 Å². The van der Waals surface area contributed by atoms with Crippen molar-refractivity contribution in [1.82, 2.24) is 10.0 Å². The lowest BCUT2D eigenvalue weighted by molar-refractivity contribution is -0.145. The fourth-order valence-electron chi connectivity index (χ4n) is 12.7. The number of hydrogen-bond donors (Lipinski definition) is 2. The molecule has 0 aromatic heterocycles. The van der Waals surface area contributed by atoms with E-state index in [1.807, 2.05) is 70.7 Å². The number of fused-ring (bicyclic) bond motifs is 2. The van der Waals surface area contributed by atoms with Gasteiger partial charge in [-0.25, -0.2) is 9.59 Å². The van der Waals surface area contributed by atoms with Crippen molar-refractivity contribution in [3.63, 3.8) is 0 Å². The molecule has 0 radical (unpaired) electrons. The predicted octanol–water partition coefficient (Wildman–Crippen LogP) is 14.9. The molecule has 10 rings (SSSR count). The molecule has 2 aliphatic carbocycles. The summed E-state index contributed by atoms with van der Waals surface area (Å²) < 4.78 is 68.8. The first kappa shape index (κ1) is 82.8. The van der Waals surface area contributed by atoms with E-state index in [9.17, 15) is 28.8 Å². The fraction of sp³-hybridized carbons (Fsp3) is 0.429. The lowest BCUT2D eigenvalue weighted by atomic mass is 9.82. The number of methoxy groups -OCH3 is 2. The summed E-state index contributed by atoms with van der Waals surface area (Å²) in [5, 5.41) is 21.2. The maximum Gasteiger partial charge on any atom is 0.330 e. The highest BCUT2D eigenvalue weighted by molar-refractivity contribution is 8.00. The van der Waals surface area contributed by atoms with Crippen LogP contribution in [0.1, 0.15) is 114 Å². The molecule has 586 valence electrons. The molecule has 2 aliphatic heterocycles. The Balaban J connectivity index is 0.840. The second kappa shape index (κ2) is 44.8. The molecule has 0 amide bonds. The molecule has 0 saturated heterocycles. The number of hydrazone groups is 2. The predicted molar refractivity (Wildman–Crippen MR) is 422 cm³/mol. The van der Waals surface area contributed by atoms with E-state index in [1.165, 1.54) is 0 Å². The minimum absolute atomic E-state index is 0.274. The topological polar surface area (TPSA) is 268 Å². The highest BCUT2D eigenvalue weighted by Crippen LogP contribution is 2.42. The van der Waals surface area contributed by atoms with Crippen LogP contribution >= 0.6 is 23.5 Å². The summed E-state index contributed by atoms with van der Waals surface area (Å²) in [7, 11) is 3.25. The Morgan fingerprint density at radius 2 is 0.773 bits per heavy atom. The van der Waals surface area contributed by atoms with Crippen molar-refractivity contribution in [3.05, 3.63) is 170 Å². The van der Waals surface area contributed by atoms with Gasteiger partial charge in [0.15, 0.2) is 11.0 Å². The lowest BCUT2D eigenvalue weighted by Gasteiger charge is -2.26. The van der Waals surface area contributed by atoms with Crippen LogP contribution in [-0.4, -0.2) is 163 Å². The fourth-order valence-corrected chi connectivity index (χ4v) is 14.9. The van der Waals surface area contributed by atoms with Crippen LogP contribution in [-0.2, 0) is 57.2 Å². The molecule has 4 aliphatic rings. The number of carbonyl (C=O) groups excluding carboxylic acids is 6. The monoisotopic (exact) mass is 1540 g/mol. The third kappa shape index (κ3) is 26.2. The van der Waals surface area contributed by atoms with Crippen LogP contribution in [0, 0.1) is 23.7 Å². The molecule has 2 saturated carbocycles. The maximum absolute atomic E-state index is 14.5. The molecule has 6 aromatic rings. The standard InChI is InChI=1S/C84H100N6O18S2/c1-5-77(91)103-47-17-9-7-15-45-101-67-33-37-69(38-34-67)105-79(93)59-23-27-61(28-24-59)81(95)107-73-41-31-63(55-65(73)57-85-89(43-49-99-53-51-97-3)83-87-71-19-11-13-21-75(71)109-83)64-32-42-74(66(56-64)58-86-90(44-50-100-54-52-98-4)84-88-72-20-12-14-22-76(72)110-84)108-82(96)62-29-25-60(26-30-62)80(94)106-70-39-35-68(36-40-70)102-46-16-8-10-18-48-104-78(92)6-2/h5-6,11-14,19-22,31-42,55-62,83-84,87-88H,1-2,7-10,15-18,23-30,43-54H2,3-4H3/b85-57+,86-58+. The zero-order valence-corrected chi connectivity index (χ0v) is 64.3. The molecule has 2 unspecified atom stereocenters. The summed E-state index contributed by atoms with van der Waals surface area (Å²) in [4.78, 5) is 80.8. The Morgan fingerprint density at radius 3 is 1.14 bits per heavy atom. The first-order chi connectivity index (χ1) is 53.8. The number of rotatable bonds is 45. The molecule has 24 nitrogen and oxygen atoms in total. The molecule has 6 aromatic carbocycles. The van der Waals surface area contributed by atoms with Gasteiger partial charge in [0.1, 0.15) is 34.5 Å². The van der Waals surface area contributed by atoms with Crippen molar-refractivity contribution in [3.8, 4) is 45.6 Å². The SMILES string of the molecule is C=CC(=O)OCCCCCCOc1ccc(OC(=O)C2CCC(C(=O)Oc3ccc(-c4ccc(OC(=O)C5CCC(C(=O)Oc6ccc(OCCCCCCOC(=O)C=C)cc6)CC5)c(/C=N/N(CCOCCOC)C5Nc6ccccc6S5)c4)cc3/C=N/N(CCOCCOC)C3Nc4ccccc4S3)CC2)cc1. The van der Waals surface area contributed by atoms with Crippen molar-refractivity contribution >= 4 is 83.1 Å². The van der Waals surface area contributed by atoms with Crippen LogP contribution in [0.15, 0.2) is 179 Å². The molecule has 110 heavy (non-hydrogen) atoms. The maximum atomic E-state index is 14.5. The van der Waals surface area contributed by atoms with Gasteiger partial charge in [-0.15, -0.1) is 0 Å². The van der Waals surface area contributed by atoms with Gasteiger partial charge in [0.25, 0.3) is 0 Å². The number of anilines is 2. The Morgan fingerprint density at radius 1 is 0.418 bits per heavy atom. The highest BCUT2D eigenvalue weighted by atomic mass is 32.2. The second-order valence-corrected chi connectivity index (χ2v) is 29.0. The Labute approximate surface area is 652 Å². The zero-order valence-electron chi connectivity index (χ0n) is 62.6. The Kier molecular flexibility index (Phi) is 33.7. The molecule has 2 heterocycles. The van der Waals surface area contributed by atoms with E-state index in [-0.39, 0.29) is 34.4 Å². The van der Waals surface area contributed by atoms with Crippen LogP contribution in [0.2, 0.25) is 0 Å². The summed E-state index contributed by atoms with van der Waals surface area (Å²) >= 11 is 3.24. The average molecular weight is 1550 g/mol. The second-order valence-electron chi connectivity index (χ2n) is 26.7. The van der Waals surface area contributed by atoms with Gasteiger partial charge < -0.3 is 67.5 Å². The van der Waals surface area contributed by atoms with Crippen LogP contribution < -0.4 is 39.1 Å². The summed E-state index contributed by atoms with van der Waals surface area (Å²) in [6, 6.07) is 41.1. The van der Waals surface area contributed by atoms with Crippen LogP contribution in [0.3, 0.4) is 0 Å². The normalized spacial score (nSPS) is 17.7. The quantitative estimate of drug-likeness (QED) is 0.00898. The number of esters is 6. The van der Waals surface area contributed by atoms with Crippen molar-refractivity contribution in [2.24, 2.45) is 33.9 Å². The van der Waals surface area contributed by atoms with E-state index in [0.29, 0.717) is 165 Å². The average Bonchev–Trinajstić information content (AvgIpc) is 0.893. The molecular weight excluding hydrogens is 1450 g/mol. The number of hydrogen-bond acceptors (Lipinski definition) is 26. The van der Waals surface area contributed by atoms with Gasteiger partial charge in [-0.1, -0.05) is 73.1 Å². The highest BCUT2D eigenvalue weighted by Gasteiger charge is 2.35. The molecular formula is C84H100N6O18S2. The van der Waals surface area contributed by atoms with Gasteiger partial charge in [-0.3, -0.25) is 29.2 Å². The van der Waals surface area contributed by atoms with E-state index in [1.54, 1.807) is 111 Å². The first-order valence-corrected chi connectivity index (χ1v) is 39.6. The van der Waals surface area contributed by atoms with Crippen LogP contribution in [0.25, 0.3) is 11.1 Å². The molecule has 26 heteroatoms. The van der Waals surface area contributed by atoms with Gasteiger partial charge in [-0.2, -0.15) is 10.2 Å². The van der Waals surface area contributed by atoms with Crippen LogP contribution in [0.4, 0.5) is 11.4 Å². The lowest BCUT2D eigenvalue weighted by Crippen LogP contribution is -2.35. The third-order valence-electron chi connectivity index (χ3n) is 18.9. The number of thioether (sulfide) groups is 2. The minimum atomic E-state index is -0.501. The largest absolute Gasteiger partial charge is 0.494 e. The number of ether oxygens (including phenoxy) is 12. The Hall–Kier alpha value is -9.70. The zero-order chi connectivity index (χ0) is 77.1. The molecule has 0 spiro atoms. The van der Waals surface area contributed by atoms with E-state index in [4.69, 9.17) is 67.0 Å². The smallest absolute Gasteiger partial charge is 0.330 e. The van der Waals surface area contributed by atoms with Crippen molar-refractivity contribution < 1.29 is 85.6 Å². The van der Waals surface area contributed by atoms with Crippen molar-refractivity contribution in [2.45, 2.75) is 124 Å². The summed E-state index contributed by atoms with van der Waals surface area (Å²) in [6.07, 6.45) is 15.9. The number of nitrogens with zero attached hydrogens (tertiary/aromatic N) is 4. The van der Waals surface area contributed by atoms with E-state index >= 15 is 0 Å². The number of carbonyl (C=O) groups is 6. The molecule has 2 fully saturated rings. The number of nitrogens with one attached hydrogen (secondary N) is 2. The van der Waals surface area contributed by atoms with Gasteiger partial charge in [0.05, 0.1) is 127 Å². The van der Waals surface area contributed by atoms with Gasteiger partial charge in [0, 0.05) is 47.3 Å². The van der Waals surface area contributed by atoms with Gasteiger partial charge in [0.2, 0.25) is 0 Å². The van der Waals surface area contributed by atoms with Crippen LogP contribution in [0.5, 0.6) is 34.5 Å². The van der Waals surface area contributed by atoms with Crippen molar-refractivity contribution in [2.75, 3.05) is 104 Å². The summed E-state index contributed by atoms with van der Waals surface area (Å²) in [5.41, 5.74) is 3.75.